The lowest BCUT2D eigenvalue weighted by atomic mass is 10.2. The number of aromatic nitrogens is 2. The molecule has 1 atom stereocenters. The lowest BCUT2D eigenvalue weighted by Crippen LogP contribution is -2.33. The molecule has 8 heteroatoms. The lowest BCUT2D eigenvalue weighted by Gasteiger charge is -2.24. The van der Waals surface area contributed by atoms with Crippen LogP contribution in [-0.4, -0.2) is 43.0 Å². The van der Waals surface area contributed by atoms with Gasteiger partial charge in [-0.2, -0.15) is 4.98 Å². The summed E-state index contributed by atoms with van der Waals surface area (Å²) in [5, 5.41) is 2.94. The van der Waals surface area contributed by atoms with Crippen molar-refractivity contribution in [3.8, 4) is 0 Å². The van der Waals surface area contributed by atoms with Crippen LogP contribution in [0.25, 0.3) is 0 Å². The molecule has 1 aromatic heterocycles. The van der Waals surface area contributed by atoms with Crippen LogP contribution in [0.1, 0.15) is 6.42 Å². The van der Waals surface area contributed by atoms with Crippen molar-refractivity contribution < 1.29 is 12.8 Å². The SMILES string of the molecule is CN(c1ccnc(Nc2cccc(F)c2)n1)C1CCS(=O)(=O)C1. The standard InChI is InChI=1S/C15H17FN4O2S/c1-20(13-6-8-23(21,22)10-13)14-5-7-17-15(19-14)18-12-4-2-3-11(16)9-12/h2-5,7,9,13H,6,8,10H2,1H3,(H,17,18,19). The highest BCUT2D eigenvalue weighted by molar-refractivity contribution is 7.91. The molecule has 1 unspecified atom stereocenters. The van der Waals surface area contributed by atoms with Gasteiger partial charge in [0.05, 0.1) is 11.5 Å². The molecule has 1 aliphatic rings. The third kappa shape index (κ3) is 3.76. The fraction of sp³-hybridized carbons (Fsp3) is 0.333. The van der Waals surface area contributed by atoms with E-state index in [1.807, 2.05) is 11.9 Å². The van der Waals surface area contributed by atoms with Gasteiger partial charge in [0, 0.05) is 25.0 Å². The van der Waals surface area contributed by atoms with Crippen LogP contribution in [-0.2, 0) is 9.84 Å². The number of anilines is 3. The van der Waals surface area contributed by atoms with Crippen molar-refractivity contribution in [2.45, 2.75) is 12.5 Å². The topological polar surface area (TPSA) is 75.2 Å². The number of hydrogen-bond acceptors (Lipinski definition) is 6. The minimum Gasteiger partial charge on any atom is -0.355 e. The minimum absolute atomic E-state index is 0.0862. The molecule has 2 heterocycles. The van der Waals surface area contributed by atoms with Crippen molar-refractivity contribution in [1.82, 2.24) is 9.97 Å². The van der Waals surface area contributed by atoms with Crippen molar-refractivity contribution in [2.24, 2.45) is 0 Å². The summed E-state index contributed by atoms with van der Waals surface area (Å²) in [5.74, 6) is 0.961. The Labute approximate surface area is 134 Å². The zero-order valence-corrected chi connectivity index (χ0v) is 13.4. The lowest BCUT2D eigenvalue weighted by molar-refractivity contribution is 0.600. The van der Waals surface area contributed by atoms with Gasteiger partial charge in [-0.15, -0.1) is 0 Å². The molecule has 1 fully saturated rings. The van der Waals surface area contributed by atoms with Crippen LogP contribution in [0.4, 0.5) is 21.8 Å². The number of nitrogens with zero attached hydrogens (tertiary/aromatic N) is 3. The summed E-state index contributed by atoms with van der Waals surface area (Å²) < 4.78 is 36.4. The van der Waals surface area contributed by atoms with Gasteiger partial charge in [-0.25, -0.2) is 17.8 Å². The third-order valence-electron chi connectivity index (χ3n) is 3.84. The number of hydrogen-bond donors (Lipinski definition) is 1. The monoisotopic (exact) mass is 336 g/mol. The van der Waals surface area contributed by atoms with E-state index in [0.717, 1.165) is 0 Å². The summed E-state index contributed by atoms with van der Waals surface area (Å²) in [6.45, 7) is 0. The van der Waals surface area contributed by atoms with E-state index in [2.05, 4.69) is 15.3 Å². The Hall–Kier alpha value is -2.22. The van der Waals surface area contributed by atoms with Crippen LogP contribution in [0.5, 0.6) is 0 Å². The van der Waals surface area contributed by atoms with Gasteiger partial charge in [0.2, 0.25) is 5.95 Å². The van der Waals surface area contributed by atoms with E-state index in [0.29, 0.717) is 23.9 Å². The number of nitrogens with one attached hydrogen (secondary N) is 1. The highest BCUT2D eigenvalue weighted by Crippen LogP contribution is 2.22. The van der Waals surface area contributed by atoms with Gasteiger partial charge in [-0.05, 0) is 30.7 Å². The third-order valence-corrected chi connectivity index (χ3v) is 5.59. The molecule has 3 rings (SSSR count). The predicted molar refractivity (Wildman–Crippen MR) is 87.2 cm³/mol. The zero-order valence-electron chi connectivity index (χ0n) is 12.6. The van der Waals surface area contributed by atoms with Crippen LogP contribution in [0.3, 0.4) is 0 Å². The normalized spacial score (nSPS) is 19.5. The zero-order chi connectivity index (χ0) is 16.4. The van der Waals surface area contributed by atoms with Crippen molar-refractivity contribution in [2.75, 3.05) is 28.8 Å². The Kier molecular flexibility index (Phi) is 4.16. The fourth-order valence-corrected chi connectivity index (χ4v) is 4.34. The van der Waals surface area contributed by atoms with Gasteiger partial charge in [0.1, 0.15) is 11.6 Å². The number of halogens is 1. The first-order valence-corrected chi connectivity index (χ1v) is 9.04. The Balaban J connectivity index is 1.77. The van der Waals surface area contributed by atoms with Gasteiger partial charge in [-0.3, -0.25) is 0 Å². The molecule has 1 saturated heterocycles. The smallest absolute Gasteiger partial charge is 0.229 e. The molecular weight excluding hydrogens is 319 g/mol. The highest BCUT2D eigenvalue weighted by atomic mass is 32.2. The molecule has 1 aromatic carbocycles. The molecule has 6 nitrogen and oxygen atoms in total. The van der Waals surface area contributed by atoms with E-state index in [1.165, 1.54) is 12.1 Å². The molecule has 0 radical (unpaired) electrons. The second kappa shape index (κ2) is 6.11. The van der Waals surface area contributed by atoms with Crippen LogP contribution < -0.4 is 10.2 Å². The second-order valence-corrected chi connectivity index (χ2v) is 7.77. The molecule has 0 saturated carbocycles. The second-order valence-electron chi connectivity index (χ2n) is 5.54. The molecule has 0 bridgehead atoms. The van der Waals surface area contributed by atoms with Crippen molar-refractivity contribution in [1.29, 1.82) is 0 Å². The van der Waals surface area contributed by atoms with Crippen molar-refractivity contribution >= 4 is 27.3 Å². The summed E-state index contributed by atoms with van der Waals surface area (Å²) in [7, 11) is -1.14. The summed E-state index contributed by atoms with van der Waals surface area (Å²) in [4.78, 5) is 10.3. The first-order valence-electron chi connectivity index (χ1n) is 7.22. The van der Waals surface area contributed by atoms with Gasteiger partial charge in [0.15, 0.2) is 9.84 Å². The van der Waals surface area contributed by atoms with E-state index >= 15 is 0 Å². The fourth-order valence-electron chi connectivity index (χ4n) is 2.57. The van der Waals surface area contributed by atoms with Gasteiger partial charge in [-0.1, -0.05) is 6.07 Å². The van der Waals surface area contributed by atoms with Crippen LogP contribution in [0, 0.1) is 5.82 Å². The van der Waals surface area contributed by atoms with Gasteiger partial charge in [0.25, 0.3) is 0 Å². The Morgan fingerprint density at radius 3 is 2.87 bits per heavy atom. The van der Waals surface area contributed by atoms with Crippen LogP contribution in [0.15, 0.2) is 36.5 Å². The largest absolute Gasteiger partial charge is 0.355 e. The molecule has 122 valence electrons. The molecule has 2 aromatic rings. The Morgan fingerprint density at radius 2 is 2.17 bits per heavy atom. The summed E-state index contributed by atoms with van der Waals surface area (Å²) in [6, 6.07) is 7.66. The Morgan fingerprint density at radius 1 is 1.35 bits per heavy atom. The summed E-state index contributed by atoms with van der Waals surface area (Å²) in [6.07, 6.45) is 2.18. The number of rotatable bonds is 4. The Bertz CT molecular complexity index is 813. The maximum atomic E-state index is 13.2. The van der Waals surface area contributed by atoms with E-state index in [4.69, 9.17) is 0 Å². The first kappa shape index (κ1) is 15.7. The quantitative estimate of drug-likeness (QED) is 0.920. The van der Waals surface area contributed by atoms with Crippen molar-refractivity contribution in [3.05, 3.63) is 42.3 Å². The summed E-state index contributed by atoms with van der Waals surface area (Å²) in [5.41, 5.74) is 0.549. The molecule has 0 spiro atoms. The minimum atomic E-state index is -2.95. The van der Waals surface area contributed by atoms with E-state index in [9.17, 15) is 12.8 Å². The van der Waals surface area contributed by atoms with Crippen molar-refractivity contribution in [3.63, 3.8) is 0 Å². The maximum absolute atomic E-state index is 13.2. The number of sulfone groups is 1. The number of benzene rings is 1. The molecule has 0 amide bonds. The van der Waals surface area contributed by atoms with Gasteiger partial charge >= 0.3 is 0 Å². The molecule has 23 heavy (non-hydrogen) atoms. The molecular formula is C15H17FN4O2S. The maximum Gasteiger partial charge on any atom is 0.229 e. The van der Waals surface area contributed by atoms with E-state index < -0.39 is 9.84 Å². The van der Waals surface area contributed by atoms with Crippen LogP contribution in [0.2, 0.25) is 0 Å². The van der Waals surface area contributed by atoms with E-state index in [-0.39, 0.29) is 23.4 Å². The highest BCUT2D eigenvalue weighted by Gasteiger charge is 2.31. The molecule has 1 aliphatic heterocycles. The molecule has 1 N–H and O–H groups in total. The average Bonchev–Trinajstić information content (AvgIpc) is 2.87. The van der Waals surface area contributed by atoms with Crippen LogP contribution >= 0.6 is 0 Å². The average molecular weight is 336 g/mol. The molecule has 0 aliphatic carbocycles. The summed E-state index contributed by atoms with van der Waals surface area (Å²) >= 11 is 0. The van der Waals surface area contributed by atoms with E-state index in [1.54, 1.807) is 24.4 Å². The van der Waals surface area contributed by atoms with Gasteiger partial charge < -0.3 is 10.2 Å². The predicted octanol–water partition coefficient (Wildman–Crippen LogP) is 1.98. The first-order chi connectivity index (χ1) is 10.9.